The molecule has 0 spiro atoms. The molecule has 0 unspecified atom stereocenters. The van der Waals surface area contributed by atoms with Gasteiger partial charge in [-0.25, -0.2) is 0 Å². The van der Waals surface area contributed by atoms with Crippen molar-refractivity contribution in [3.63, 3.8) is 0 Å². The van der Waals surface area contributed by atoms with E-state index in [0.29, 0.717) is 0 Å². The van der Waals surface area contributed by atoms with Crippen molar-refractivity contribution in [3.05, 3.63) is 0 Å². The standard InChI is InChI=1S/C6H14N2.C6H13N.C5H11NO.C5H11N.C4H9N.C3H7N/c1-7-3-5-8(2)6-4-7;1-7-5-3-2-4-6-7;1-6-2-4-7-5-3-6;1-6-4-2-3-5-6;1-5-3-2-4-5;1-4-2-3-4/h3-6H2,1-2H3;2-6H2,1H3;2-5H2,1H3;2-5H2,1H3;2-4H2,1H3;2-3H2,1H3. The van der Waals surface area contributed by atoms with Gasteiger partial charge in [-0.05, 0) is 121 Å². The quantitative estimate of drug-likeness (QED) is 0.442. The maximum absolute atomic E-state index is 5.10. The summed E-state index contributed by atoms with van der Waals surface area (Å²) in [6, 6.07) is 0. The van der Waals surface area contributed by atoms with Crippen LogP contribution in [0.25, 0.3) is 0 Å². The lowest BCUT2D eigenvalue weighted by Crippen LogP contribution is -2.42. The molecule has 222 valence electrons. The Kier molecular flexibility index (Phi) is 21.1. The molecule has 0 aromatic heterocycles. The minimum absolute atomic E-state index is 0.913. The Morgan fingerprint density at radius 2 is 0.514 bits per heavy atom. The van der Waals surface area contributed by atoms with Crippen LogP contribution in [0, 0.1) is 0 Å². The van der Waals surface area contributed by atoms with Crippen LogP contribution >= 0.6 is 0 Å². The van der Waals surface area contributed by atoms with Crippen molar-refractivity contribution >= 4 is 0 Å². The number of piperazine rings is 1. The molecule has 6 aliphatic rings. The average molecular weight is 528 g/mol. The van der Waals surface area contributed by atoms with Crippen LogP contribution in [0.2, 0.25) is 0 Å². The van der Waals surface area contributed by atoms with Crippen LogP contribution in [0.4, 0.5) is 0 Å². The van der Waals surface area contributed by atoms with Gasteiger partial charge < -0.3 is 39.0 Å². The fourth-order valence-corrected chi connectivity index (χ4v) is 4.06. The molecule has 8 heteroatoms. The zero-order valence-corrected chi connectivity index (χ0v) is 26.1. The van der Waals surface area contributed by atoms with Crippen LogP contribution in [0.5, 0.6) is 0 Å². The molecule has 8 nitrogen and oxygen atoms in total. The predicted molar refractivity (Wildman–Crippen MR) is 161 cm³/mol. The van der Waals surface area contributed by atoms with Crippen molar-refractivity contribution in [2.24, 2.45) is 0 Å². The minimum atomic E-state index is 0.913. The highest BCUT2D eigenvalue weighted by Gasteiger charge is 2.08. The lowest BCUT2D eigenvalue weighted by Gasteiger charge is -2.28. The average Bonchev–Trinajstić information content (AvgIpc) is 3.52. The molecule has 0 bridgehead atoms. The van der Waals surface area contributed by atoms with E-state index in [0.717, 1.165) is 26.3 Å². The van der Waals surface area contributed by atoms with Gasteiger partial charge in [0.1, 0.15) is 0 Å². The smallest absolute Gasteiger partial charge is 0.0594 e. The monoisotopic (exact) mass is 528 g/mol. The van der Waals surface area contributed by atoms with Gasteiger partial charge in [0.25, 0.3) is 0 Å². The zero-order chi connectivity index (χ0) is 27.3. The molecule has 37 heavy (non-hydrogen) atoms. The Bertz CT molecular complexity index is 453. The maximum atomic E-state index is 5.10. The van der Waals surface area contributed by atoms with Gasteiger partial charge in [-0.3, -0.25) is 0 Å². The van der Waals surface area contributed by atoms with E-state index < -0.39 is 0 Å². The molecule has 6 heterocycles. The van der Waals surface area contributed by atoms with E-state index >= 15 is 0 Å². The van der Waals surface area contributed by atoms with Gasteiger partial charge in [-0.2, -0.15) is 0 Å². The first-order chi connectivity index (χ1) is 17.8. The highest BCUT2D eigenvalue weighted by atomic mass is 16.5. The minimum Gasteiger partial charge on any atom is -0.379 e. The first-order valence-electron chi connectivity index (χ1n) is 15.1. The van der Waals surface area contributed by atoms with Crippen molar-refractivity contribution in [1.82, 2.24) is 34.3 Å². The first kappa shape index (κ1) is 34.7. The Morgan fingerprint density at radius 1 is 0.270 bits per heavy atom. The van der Waals surface area contributed by atoms with E-state index in [1.165, 1.54) is 117 Å². The van der Waals surface area contributed by atoms with Crippen molar-refractivity contribution in [2.45, 2.75) is 38.5 Å². The third-order valence-electron chi connectivity index (χ3n) is 7.62. The fraction of sp³-hybridized carbons (Fsp3) is 1.00. The molecule has 6 fully saturated rings. The van der Waals surface area contributed by atoms with E-state index in [-0.39, 0.29) is 0 Å². The Morgan fingerprint density at radius 3 is 0.676 bits per heavy atom. The summed E-state index contributed by atoms with van der Waals surface area (Å²) in [6.07, 6.45) is 8.51. The summed E-state index contributed by atoms with van der Waals surface area (Å²) in [5, 5.41) is 0. The zero-order valence-electron chi connectivity index (χ0n) is 26.1. The summed E-state index contributed by atoms with van der Waals surface area (Å²) in [6.45, 7) is 19.5. The summed E-state index contributed by atoms with van der Waals surface area (Å²) >= 11 is 0. The highest BCUT2D eigenvalue weighted by Crippen LogP contribution is 2.04. The van der Waals surface area contributed by atoms with Gasteiger partial charge >= 0.3 is 0 Å². The largest absolute Gasteiger partial charge is 0.379 e. The number of hydrogen-bond acceptors (Lipinski definition) is 8. The van der Waals surface area contributed by atoms with Crippen molar-refractivity contribution in [2.75, 3.05) is 154 Å². The van der Waals surface area contributed by atoms with Crippen molar-refractivity contribution in [1.29, 1.82) is 0 Å². The van der Waals surface area contributed by atoms with Gasteiger partial charge in [0.15, 0.2) is 0 Å². The molecule has 0 atom stereocenters. The molecule has 6 rings (SSSR count). The van der Waals surface area contributed by atoms with Crippen molar-refractivity contribution in [3.8, 4) is 0 Å². The van der Waals surface area contributed by atoms with Gasteiger partial charge in [-0.1, -0.05) is 6.42 Å². The molecular formula is C29H65N7O. The number of ether oxygens (including phenoxy) is 1. The van der Waals surface area contributed by atoms with Gasteiger partial charge in [0.2, 0.25) is 0 Å². The molecule has 0 N–H and O–H groups in total. The van der Waals surface area contributed by atoms with Crippen LogP contribution in [0.15, 0.2) is 0 Å². The van der Waals surface area contributed by atoms with Gasteiger partial charge in [0, 0.05) is 52.4 Å². The van der Waals surface area contributed by atoms with E-state index in [1.54, 1.807) is 0 Å². The summed E-state index contributed by atoms with van der Waals surface area (Å²) in [5.41, 5.74) is 0. The second-order valence-corrected chi connectivity index (χ2v) is 11.9. The summed E-state index contributed by atoms with van der Waals surface area (Å²) in [5.74, 6) is 0. The molecule has 0 aromatic rings. The molecule has 0 saturated carbocycles. The molecule has 6 aliphatic heterocycles. The number of morpholine rings is 1. The number of hydrogen-bond donors (Lipinski definition) is 0. The van der Waals surface area contributed by atoms with Crippen LogP contribution in [0.1, 0.15) is 38.5 Å². The second kappa shape index (κ2) is 22.5. The summed E-state index contributed by atoms with van der Waals surface area (Å²) in [7, 11) is 15.1. The molecule has 6 saturated heterocycles. The van der Waals surface area contributed by atoms with Crippen LogP contribution in [-0.2, 0) is 4.74 Å². The van der Waals surface area contributed by atoms with Crippen LogP contribution < -0.4 is 0 Å². The highest BCUT2D eigenvalue weighted by molar-refractivity contribution is 4.65. The normalized spacial score (nSPS) is 25.7. The number of likely N-dealkylation sites (tertiary alicyclic amines) is 3. The SMILES string of the molecule is CN1CC1.CN1CCC1.CN1CCCC1.CN1CCCCC1.CN1CCN(C)CC1.CN1CCOCC1. The summed E-state index contributed by atoms with van der Waals surface area (Å²) in [4.78, 5) is 16.3. The van der Waals surface area contributed by atoms with Crippen LogP contribution in [-0.4, -0.2) is 188 Å². The first-order valence-corrected chi connectivity index (χ1v) is 15.1. The van der Waals surface area contributed by atoms with E-state index in [2.05, 4.69) is 83.6 Å². The Balaban J connectivity index is 0.000000225. The summed E-state index contributed by atoms with van der Waals surface area (Å²) < 4.78 is 5.10. The van der Waals surface area contributed by atoms with Crippen molar-refractivity contribution < 1.29 is 4.74 Å². The maximum Gasteiger partial charge on any atom is 0.0594 e. The number of nitrogens with zero attached hydrogens (tertiary/aromatic N) is 7. The van der Waals surface area contributed by atoms with Gasteiger partial charge in [-0.15, -0.1) is 0 Å². The predicted octanol–water partition coefficient (Wildman–Crippen LogP) is 1.88. The van der Waals surface area contributed by atoms with E-state index in [4.69, 9.17) is 4.74 Å². The third kappa shape index (κ3) is 23.3. The van der Waals surface area contributed by atoms with E-state index in [1.807, 2.05) is 0 Å². The molecule has 0 amide bonds. The third-order valence-corrected chi connectivity index (χ3v) is 7.62. The van der Waals surface area contributed by atoms with Gasteiger partial charge in [0.05, 0.1) is 13.2 Å². The topological polar surface area (TPSA) is 31.7 Å². The lowest BCUT2D eigenvalue weighted by atomic mass is 10.1. The molecule has 0 aromatic carbocycles. The molecule has 0 aliphatic carbocycles. The Hall–Kier alpha value is -0.320. The fourth-order valence-electron chi connectivity index (χ4n) is 4.06. The van der Waals surface area contributed by atoms with Crippen LogP contribution in [0.3, 0.4) is 0 Å². The lowest BCUT2D eigenvalue weighted by molar-refractivity contribution is 0.0503. The van der Waals surface area contributed by atoms with E-state index in [9.17, 15) is 0 Å². The molecule has 0 radical (unpaired) electrons. The number of rotatable bonds is 0. The number of likely N-dealkylation sites (N-methyl/N-ethyl adjacent to an activating group) is 4. The molecular weight excluding hydrogens is 462 g/mol. The Labute approximate surface area is 231 Å². The number of piperidine rings is 1. The second-order valence-electron chi connectivity index (χ2n) is 11.9.